The molecule has 3 N–H and O–H groups in total. The number of nitrogens with one attached hydrogen (secondary N) is 1. The van der Waals surface area contributed by atoms with Gasteiger partial charge in [-0.15, -0.1) is 0 Å². The van der Waals surface area contributed by atoms with Crippen LogP contribution in [0.15, 0.2) is 17.2 Å². The third-order valence-electron chi connectivity index (χ3n) is 3.40. The molecule has 27 heavy (non-hydrogen) atoms. The largest absolute Gasteiger partial charge is 0.496 e. The summed E-state index contributed by atoms with van der Waals surface area (Å²) in [5, 5.41) is 3.56. The number of hydrazone groups is 1. The Balaban J connectivity index is 2.29. The minimum absolute atomic E-state index is 0.0329. The second kappa shape index (κ2) is 8.98. The highest BCUT2D eigenvalue weighted by atomic mass is 35.5. The monoisotopic (exact) mass is 432 g/mol. The number of hydrogen-bond donors (Lipinski definition) is 2. The number of rotatable bonds is 6. The summed E-state index contributed by atoms with van der Waals surface area (Å²) in [6, 6.07) is 3.29. The van der Waals surface area contributed by atoms with Gasteiger partial charge in [-0.1, -0.05) is 34.8 Å². The van der Waals surface area contributed by atoms with Gasteiger partial charge in [0.2, 0.25) is 0 Å². The minimum Gasteiger partial charge on any atom is -0.496 e. The molecule has 1 aromatic carbocycles. The van der Waals surface area contributed by atoms with Crippen molar-refractivity contribution in [2.75, 3.05) is 27.1 Å². The van der Waals surface area contributed by atoms with Crippen LogP contribution in [0.1, 0.15) is 16.1 Å². The Kier molecular flexibility index (Phi) is 6.95. The van der Waals surface area contributed by atoms with Crippen molar-refractivity contribution in [3.63, 3.8) is 0 Å². The van der Waals surface area contributed by atoms with Crippen LogP contribution in [0.3, 0.4) is 0 Å². The molecule has 0 fully saturated rings. The molecule has 144 valence electrons. The van der Waals surface area contributed by atoms with Crippen LogP contribution in [0.25, 0.3) is 0 Å². The number of pyridine rings is 1. The highest BCUT2D eigenvalue weighted by molar-refractivity contribution is 6.46. The van der Waals surface area contributed by atoms with Crippen LogP contribution in [-0.4, -0.2) is 38.4 Å². The third-order valence-corrected chi connectivity index (χ3v) is 4.54. The molecule has 2 rings (SSSR count). The maximum Gasteiger partial charge on any atom is 0.291 e. The number of benzene rings is 1. The molecule has 0 saturated heterocycles. The minimum atomic E-state index is -0.729. The third kappa shape index (κ3) is 4.47. The lowest BCUT2D eigenvalue weighted by Gasteiger charge is -2.12. The maximum atomic E-state index is 12.3. The van der Waals surface area contributed by atoms with Crippen LogP contribution in [0.4, 0.5) is 5.69 Å². The Morgan fingerprint density at radius 2 is 1.70 bits per heavy atom. The van der Waals surface area contributed by atoms with Crippen molar-refractivity contribution in [3.8, 4) is 17.2 Å². The molecule has 0 aliphatic heterocycles. The first-order valence-electron chi connectivity index (χ1n) is 7.27. The number of nitrogen functional groups attached to an aromatic ring is 1. The Labute approximate surface area is 170 Å². The number of ether oxygens (including phenoxy) is 3. The fourth-order valence-corrected chi connectivity index (χ4v) is 2.64. The van der Waals surface area contributed by atoms with E-state index in [1.54, 1.807) is 12.1 Å². The number of carbonyl (C=O) groups excluding carboxylic acids is 1. The predicted molar refractivity (Wildman–Crippen MR) is 105 cm³/mol. The van der Waals surface area contributed by atoms with Crippen molar-refractivity contribution < 1.29 is 19.0 Å². The van der Waals surface area contributed by atoms with E-state index >= 15 is 0 Å². The first-order valence-corrected chi connectivity index (χ1v) is 8.40. The van der Waals surface area contributed by atoms with Gasteiger partial charge in [-0.3, -0.25) is 4.79 Å². The molecule has 0 bridgehead atoms. The lowest BCUT2D eigenvalue weighted by Crippen LogP contribution is -2.20. The standard InChI is InChI=1S/C16H15Cl3N4O4/c1-25-7-4-9(26-2)8(10(5-7)27-3)6-21-23-16(24)14-11(17)13(20)12(18)15(19)22-14/h4-6H,1-3H3,(H2,20,22)(H,23,24)/b21-6+. The Bertz CT molecular complexity index is 881. The van der Waals surface area contributed by atoms with Crippen molar-refractivity contribution in [2.45, 2.75) is 0 Å². The number of methoxy groups -OCH3 is 3. The Morgan fingerprint density at radius 3 is 2.22 bits per heavy atom. The smallest absolute Gasteiger partial charge is 0.291 e. The van der Waals surface area contributed by atoms with Gasteiger partial charge in [0.05, 0.1) is 43.8 Å². The van der Waals surface area contributed by atoms with Crippen molar-refractivity contribution in [1.29, 1.82) is 0 Å². The molecule has 0 aliphatic carbocycles. The van der Waals surface area contributed by atoms with Gasteiger partial charge in [0, 0.05) is 12.1 Å². The van der Waals surface area contributed by atoms with Crippen LogP contribution in [0.5, 0.6) is 17.2 Å². The first kappa shape index (κ1) is 20.9. The van der Waals surface area contributed by atoms with E-state index in [0.717, 1.165) is 0 Å². The summed E-state index contributed by atoms with van der Waals surface area (Å²) in [7, 11) is 4.47. The van der Waals surface area contributed by atoms with Gasteiger partial charge in [0.1, 0.15) is 22.3 Å². The number of anilines is 1. The molecular formula is C16H15Cl3N4O4. The summed E-state index contributed by atoms with van der Waals surface area (Å²) >= 11 is 17.7. The highest BCUT2D eigenvalue weighted by Gasteiger charge is 2.19. The molecule has 0 aliphatic rings. The molecular weight excluding hydrogens is 419 g/mol. The van der Waals surface area contributed by atoms with E-state index in [4.69, 9.17) is 54.7 Å². The van der Waals surface area contributed by atoms with E-state index in [1.165, 1.54) is 27.5 Å². The van der Waals surface area contributed by atoms with Crippen LogP contribution in [-0.2, 0) is 0 Å². The fraction of sp³-hybridized carbons (Fsp3) is 0.188. The van der Waals surface area contributed by atoms with E-state index in [1.807, 2.05) is 0 Å². The molecule has 0 spiro atoms. The summed E-state index contributed by atoms with van der Waals surface area (Å²) in [6.45, 7) is 0. The second-order valence-electron chi connectivity index (χ2n) is 4.94. The zero-order valence-electron chi connectivity index (χ0n) is 14.5. The summed E-state index contributed by atoms with van der Waals surface area (Å²) in [4.78, 5) is 16.1. The number of amides is 1. The van der Waals surface area contributed by atoms with Gasteiger partial charge in [0.25, 0.3) is 5.91 Å². The highest BCUT2D eigenvalue weighted by Crippen LogP contribution is 2.34. The first-order chi connectivity index (χ1) is 12.8. The van der Waals surface area contributed by atoms with Crippen molar-refractivity contribution in [2.24, 2.45) is 5.10 Å². The Morgan fingerprint density at radius 1 is 1.11 bits per heavy atom. The second-order valence-corrected chi connectivity index (χ2v) is 6.05. The predicted octanol–water partition coefficient (Wildman–Crippen LogP) is 3.41. The Hall–Kier alpha value is -2.42. The van der Waals surface area contributed by atoms with Gasteiger partial charge in [0.15, 0.2) is 10.8 Å². The van der Waals surface area contributed by atoms with Crippen LogP contribution >= 0.6 is 34.8 Å². The van der Waals surface area contributed by atoms with E-state index in [9.17, 15) is 4.79 Å². The summed E-state index contributed by atoms with van der Waals surface area (Å²) in [5.41, 5.74) is 8.19. The number of halogens is 3. The van der Waals surface area contributed by atoms with Gasteiger partial charge >= 0.3 is 0 Å². The molecule has 1 heterocycles. The van der Waals surface area contributed by atoms with Crippen molar-refractivity contribution in [3.05, 3.63) is 38.6 Å². The summed E-state index contributed by atoms with van der Waals surface area (Å²) in [5.74, 6) is 0.665. The molecule has 2 aromatic rings. The molecule has 0 radical (unpaired) electrons. The quantitative estimate of drug-likeness (QED) is 0.410. The topological polar surface area (TPSA) is 108 Å². The van der Waals surface area contributed by atoms with E-state index < -0.39 is 5.91 Å². The zero-order valence-corrected chi connectivity index (χ0v) is 16.7. The average Bonchev–Trinajstić information content (AvgIpc) is 2.68. The van der Waals surface area contributed by atoms with Gasteiger partial charge in [-0.25, -0.2) is 10.4 Å². The fourth-order valence-electron chi connectivity index (χ4n) is 2.05. The normalized spacial score (nSPS) is 10.7. The lowest BCUT2D eigenvalue weighted by molar-refractivity contribution is 0.0950. The van der Waals surface area contributed by atoms with Gasteiger partial charge < -0.3 is 19.9 Å². The van der Waals surface area contributed by atoms with Crippen molar-refractivity contribution in [1.82, 2.24) is 10.4 Å². The summed E-state index contributed by atoms with van der Waals surface area (Å²) in [6.07, 6.45) is 1.34. The molecule has 1 amide bonds. The van der Waals surface area contributed by atoms with Crippen LogP contribution in [0.2, 0.25) is 15.2 Å². The van der Waals surface area contributed by atoms with Crippen molar-refractivity contribution >= 4 is 52.6 Å². The lowest BCUT2D eigenvalue weighted by atomic mass is 10.2. The number of nitrogens with zero attached hydrogens (tertiary/aromatic N) is 2. The summed E-state index contributed by atoms with van der Waals surface area (Å²) < 4.78 is 15.7. The van der Waals surface area contributed by atoms with E-state index in [-0.39, 0.29) is 26.6 Å². The number of hydrogen-bond acceptors (Lipinski definition) is 7. The van der Waals surface area contributed by atoms with E-state index in [2.05, 4.69) is 15.5 Å². The number of aromatic nitrogens is 1. The number of nitrogens with two attached hydrogens (primary N) is 1. The number of carbonyl (C=O) groups is 1. The van der Waals surface area contributed by atoms with Gasteiger partial charge in [-0.05, 0) is 0 Å². The molecule has 0 unspecified atom stereocenters. The molecule has 0 atom stereocenters. The SMILES string of the molecule is COc1cc(OC)c(/C=N/NC(=O)c2nc(Cl)c(Cl)c(N)c2Cl)c(OC)c1. The van der Waals surface area contributed by atoms with Gasteiger partial charge in [-0.2, -0.15) is 5.10 Å². The van der Waals surface area contributed by atoms with Crippen LogP contribution in [0, 0.1) is 0 Å². The van der Waals surface area contributed by atoms with E-state index in [0.29, 0.717) is 22.8 Å². The maximum absolute atomic E-state index is 12.3. The molecule has 0 saturated carbocycles. The zero-order chi connectivity index (χ0) is 20.1. The van der Waals surface area contributed by atoms with Crippen LogP contribution < -0.4 is 25.4 Å². The molecule has 8 nitrogen and oxygen atoms in total. The molecule has 11 heteroatoms. The average molecular weight is 434 g/mol. The molecule has 1 aromatic heterocycles.